The number of imidazole rings is 1. The zero-order valence-electron chi connectivity index (χ0n) is 14.2. The third kappa shape index (κ3) is 3.00. The number of likely N-dealkylation sites (N-methyl/N-ethyl adjacent to an activating group) is 1. The molecule has 0 bridgehead atoms. The van der Waals surface area contributed by atoms with Crippen LogP contribution < -0.4 is 4.90 Å². The molecule has 6 nitrogen and oxygen atoms in total. The number of para-hydroxylation sites is 1. The molecule has 1 aliphatic heterocycles. The summed E-state index contributed by atoms with van der Waals surface area (Å²) in [6.07, 6.45) is 9.15. The second-order valence-electron chi connectivity index (χ2n) is 6.45. The van der Waals surface area contributed by atoms with Crippen LogP contribution in [0.15, 0.2) is 55.1 Å². The van der Waals surface area contributed by atoms with Gasteiger partial charge in [0.15, 0.2) is 5.65 Å². The van der Waals surface area contributed by atoms with Gasteiger partial charge in [-0.1, -0.05) is 18.2 Å². The van der Waals surface area contributed by atoms with Crippen molar-refractivity contribution < 1.29 is 4.79 Å². The second-order valence-corrected chi connectivity index (χ2v) is 6.45. The number of hydrogen-bond acceptors (Lipinski definition) is 4. The van der Waals surface area contributed by atoms with Crippen molar-refractivity contribution in [2.45, 2.75) is 25.4 Å². The van der Waals surface area contributed by atoms with Crippen LogP contribution in [0.25, 0.3) is 5.65 Å². The number of amides is 1. The van der Waals surface area contributed by atoms with Crippen LogP contribution in [0.4, 0.5) is 5.69 Å². The Labute approximate surface area is 146 Å². The Morgan fingerprint density at radius 1 is 1.24 bits per heavy atom. The summed E-state index contributed by atoms with van der Waals surface area (Å²) in [5.41, 5.74) is 2.86. The summed E-state index contributed by atoms with van der Waals surface area (Å²) >= 11 is 0. The van der Waals surface area contributed by atoms with E-state index in [2.05, 4.69) is 14.9 Å². The quantitative estimate of drug-likeness (QED) is 0.734. The van der Waals surface area contributed by atoms with Gasteiger partial charge in [-0.3, -0.25) is 19.1 Å². The average molecular weight is 335 g/mol. The summed E-state index contributed by atoms with van der Waals surface area (Å²) in [6, 6.07) is 9.81. The number of benzene rings is 1. The van der Waals surface area contributed by atoms with E-state index < -0.39 is 0 Å². The highest BCUT2D eigenvalue weighted by molar-refractivity contribution is 5.97. The van der Waals surface area contributed by atoms with Gasteiger partial charge in [0.1, 0.15) is 0 Å². The number of aromatic nitrogens is 3. The van der Waals surface area contributed by atoms with Crippen molar-refractivity contribution in [2.24, 2.45) is 0 Å². The first-order valence-electron chi connectivity index (χ1n) is 8.56. The summed E-state index contributed by atoms with van der Waals surface area (Å²) in [7, 11) is 2.01. The summed E-state index contributed by atoms with van der Waals surface area (Å²) in [5.74, 6) is 0.176. The first-order valence-corrected chi connectivity index (χ1v) is 8.56. The molecule has 0 aliphatic carbocycles. The molecule has 25 heavy (non-hydrogen) atoms. The van der Waals surface area contributed by atoms with Gasteiger partial charge in [0, 0.05) is 31.2 Å². The van der Waals surface area contributed by atoms with Gasteiger partial charge in [0.2, 0.25) is 5.91 Å². The second kappa shape index (κ2) is 6.64. The van der Waals surface area contributed by atoms with Gasteiger partial charge in [-0.2, -0.15) is 0 Å². The smallest absolute Gasteiger partial charge is 0.244 e. The number of piperidine rings is 1. The molecule has 2 aromatic heterocycles. The lowest BCUT2D eigenvalue weighted by atomic mass is 10.0. The summed E-state index contributed by atoms with van der Waals surface area (Å²) in [5, 5.41) is 0. The lowest BCUT2D eigenvalue weighted by Gasteiger charge is -2.36. The molecule has 1 saturated heterocycles. The predicted octanol–water partition coefficient (Wildman–Crippen LogP) is 2.36. The fourth-order valence-electron chi connectivity index (χ4n) is 3.51. The van der Waals surface area contributed by atoms with Gasteiger partial charge in [0.05, 0.1) is 24.1 Å². The first kappa shape index (κ1) is 15.8. The number of carbonyl (C=O) groups excluding carboxylic acids is 1. The standard InChI is InChI=1S/C19H21N5O/c1-22(14-16-12-21-18-13-20-9-11-23(16)18)17-8-5-10-24(19(17)25)15-6-3-2-4-7-15/h2-4,6-7,9,11-13,17H,5,8,10,14H2,1H3/t17-/m1/s1. The zero-order chi connectivity index (χ0) is 17.2. The van der Waals surface area contributed by atoms with E-state index in [0.717, 1.165) is 36.4 Å². The third-order valence-electron chi connectivity index (χ3n) is 4.82. The topological polar surface area (TPSA) is 53.7 Å². The minimum Gasteiger partial charge on any atom is -0.311 e. The van der Waals surface area contributed by atoms with Gasteiger partial charge in [-0.05, 0) is 32.0 Å². The van der Waals surface area contributed by atoms with E-state index >= 15 is 0 Å². The highest BCUT2D eigenvalue weighted by Crippen LogP contribution is 2.24. The van der Waals surface area contributed by atoms with Crippen LogP contribution in [0.2, 0.25) is 0 Å². The predicted molar refractivity (Wildman–Crippen MR) is 96.3 cm³/mol. The molecule has 1 aromatic carbocycles. The summed E-state index contributed by atoms with van der Waals surface area (Å²) < 4.78 is 2.02. The zero-order valence-corrected chi connectivity index (χ0v) is 14.2. The fourth-order valence-corrected chi connectivity index (χ4v) is 3.51. The van der Waals surface area contributed by atoms with Crippen molar-refractivity contribution in [3.05, 3.63) is 60.8 Å². The highest BCUT2D eigenvalue weighted by atomic mass is 16.2. The van der Waals surface area contributed by atoms with E-state index in [9.17, 15) is 4.79 Å². The maximum Gasteiger partial charge on any atom is 0.244 e. The Hall–Kier alpha value is -2.73. The number of hydrogen-bond donors (Lipinski definition) is 0. The minimum absolute atomic E-state index is 0.110. The molecule has 4 rings (SSSR count). The molecule has 1 amide bonds. The lowest BCUT2D eigenvalue weighted by molar-refractivity contribution is -0.125. The van der Waals surface area contributed by atoms with Crippen LogP contribution in [-0.2, 0) is 11.3 Å². The molecule has 128 valence electrons. The molecule has 1 atom stereocenters. The molecule has 3 heterocycles. The molecular formula is C19H21N5O. The minimum atomic E-state index is -0.110. The van der Waals surface area contributed by atoms with Crippen LogP contribution >= 0.6 is 0 Å². The van der Waals surface area contributed by atoms with Crippen LogP contribution in [0.3, 0.4) is 0 Å². The van der Waals surface area contributed by atoms with E-state index in [1.165, 1.54) is 0 Å². The van der Waals surface area contributed by atoms with Crippen molar-refractivity contribution in [1.29, 1.82) is 0 Å². The lowest BCUT2D eigenvalue weighted by Crippen LogP contribution is -2.51. The Morgan fingerprint density at radius 2 is 2.08 bits per heavy atom. The Morgan fingerprint density at radius 3 is 2.92 bits per heavy atom. The van der Waals surface area contributed by atoms with E-state index in [1.807, 2.05) is 59.1 Å². The molecular weight excluding hydrogens is 314 g/mol. The molecule has 6 heteroatoms. The van der Waals surface area contributed by atoms with Crippen LogP contribution in [0.5, 0.6) is 0 Å². The van der Waals surface area contributed by atoms with Crippen molar-refractivity contribution in [2.75, 3.05) is 18.5 Å². The Kier molecular flexibility index (Phi) is 4.19. The Bertz CT molecular complexity index is 876. The van der Waals surface area contributed by atoms with Crippen LogP contribution in [0, 0.1) is 0 Å². The molecule has 0 spiro atoms. The van der Waals surface area contributed by atoms with Gasteiger partial charge >= 0.3 is 0 Å². The monoisotopic (exact) mass is 335 g/mol. The SMILES string of the molecule is CN(Cc1cnc2cnccn12)[C@@H]1CCCN(c2ccccc2)C1=O. The number of fused-ring (bicyclic) bond motifs is 1. The largest absolute Gasteiger partial charge is 0.311 e. The molecule has 1 aliphatic rings. The van der Waals surface area contributed by atoms with Gasteiger partial charge in [-0.25, -0.2) is 4.98 Å². The van der Waals surface area contributed by atoms with Gasteiger partial charge in [0.25, 0.3) is 0 Å². The van der Waals surface area contributed by atoms with E-state index in [4.69, 9.17) is 0 Å². The van der Waals surface area contributed by atoms with Gasteiger partial charge < -0.3 is 4.90 Å². The fraction of sp³-hybridized carbons (Fsp3) is 0.316. The van der Waals surface area contributed by atoms with Crippen LogP contribution in [-0.4, -0.2) is 44.8 Å². The molecule has 0 unspecified atom stereocenters. The summed E-state index contributed by atoms with van der Waals surface area (Å²) in [4.78, 5) is 25.5. The molecule has 0 saturated carbocycles. The third-order valence-corrected chi connectivity index (χ3v) is 4.82. The van der Waals surface area contributed by atoms with E-state index in [-0.39, 0.29) is 11.9 Å². The Balaban J connectivity index is 1.53. The van der Waals surface area contributed by atoms with Crippen molar-refractivity contribution >= 4 is 17.2 Å². The van der Waals surface area contributed by atoms with Gasteiger partial charge in [-0.15, -0.1) is 0 Å². The average Bonchev–Trinajstić information content (AvgIpc) is 3.05. The number of anilines is 1. The molecule has 1 fully saturated rings. The van der Waals surface area contributed by atoms with Crippen molar-refractivity contribution in [1.82, 2.24) is 19.3 Å². The molecule has 3 aromatic rings. The molecule has 0 radical (unpaired) electrons. The number of carbonyl (C=O) groups is 1. The van der Waals surface area contributed by atoms with E-state index in [1.54, 1.807) is 12.4 Å². The van der Waals surface area contributed by atoms with Crippen molar-refractivity contribution in [3.8, 4) is 0 Å². The van der Waals surface area contributed by atoms with Crippen molar-refractivity contribution in [3.63, 3.8) is 0 Å². The maximum atomic E-state index is 13.0. The first-order chi connectivity index (χ1) is 12.2. The van der Waals surface area contributed by atoms with Crippen LogP contribution in [0.1, 0.15) is 18.5 Å². The summed E-state index contributed by atoms with van der Waals surface area (Å²) in [6.45, 7) is 1.46. The number of rotatable bonds is 4. The number of nitrogens with zero attached hydrogens (tertiary/aromatic N) is 5. The van der Waals surface area contributed by atoms with E-state index in [0.29, 0.717) is 6.54 Å². The molecule has 0 N–H and O–H groups in total. The highest BCUT2D eigenvalue weighted by Gasteiger charge is 2.32. The maximum absolute atomic E-state index is 13.0. The normalized spacial score (nSPS) is 18.2.